The Morgan fingerprint density at radius 3 is 3.07 bits per heavy atom. The van der Waals surface area contributed by atoms with Crippen molar-refractivity contribution in [2.75, 3.05) is 11.5 Å². The number of nitrogen functional groups attached to an aromatic ring is 1. The first-order valence-electron chi connectivity index (χ1n) is 4.80. The van der Waals surface area contributed by atoms with Crippen LogP contribution in [-0.4, -0.2) is 20.8 Å². The van der Waals surface area contributed by atoms with Crippen LogP contribution in [-0.2, 0) is 0 Å². The molecule has 0 bridgehead atoms. The fraction of sp³-hybridized carbons (Fsp3) is 0.667. The van der Waals surface area contributed by atoms with Crippen molar-refractivity contribution < 1.29 is 0 Å². The standard InChI is InChI=1S/C9H14IN3S/c1-6-8(3-2-4-14-6)13-9(11)7(10)5-12-13/h5-6,8H,2-4,11H2,1H3. The third-order valence-electron chi connectivity index (χ3n) is 2.67. The van der Waals surface area contributed by atoms with Gasteiger partial charge in [0.15, 0.2) is 0 Å². The van der Waals surface area contributed by atoms with Gasteiger partial charge in [0.2, 0.25) is 0 Å². The SMILES string of the molecule is CC1SCCCC1n1ncc(I)c1N. The molecule has 1 aliphatic heterocycles. The van der Waals surface area contributed by atoms with Gasteiger partial charge < -0.3 is 5.73 Å². The highest BCUT2D eigenvalue weighted by molar-refractivity contribution is 14.1. The molecule has 2 atom stereocenters. The maximum absolute atomic E-state index is 5.98. The van der Waals surface area contributed by atoms with Gasteiger partial charge in [0, 0.05) is 5.25 Å². The molecule has 2 unspecified atom stereocenters. The summed E-state index contributed by atoms with van der Waals surface area (Å²) in [6, 6.07) is 0.484. The van der Waals surface area contributed by atoms with Crippen LogP contribution in [0, 0.1) is 3.57 Å². The van der Waals surface area contributed by atoms with Gasteiger partial charge in [0.25, 0.3) is 0 Å². The Bertz CT molecular complexity index is 326. The van der Waals surface area contributed by atoms with Crippen LogP contribution in [0.3, 0.4) is 0 Å². The fourth-order valence-electron chi connectivity index (χ4n) is 1.84. The van der Waals surface area contributed by atoms with Crippen molar-refractivity contribution in [3.8, 4) is 0 Å². The highest BCUT2D eigenvalue weighted by atomic mass is 127. The van der Waals surface area contributed by atoms with Crippen molar-refractivity contribution in [3.05, 3.63) is 9.77 Å². The summed E-state index contributed by atoms with van der Waals surface area (Å²) in [6.07, 6.45) is 4.33. The van der Waals surface area contributed by atoms with E-state index in [0.717, 1.165) is 9.39 Å². The molecule has 1 aromatic rings. The largest absolute Gasteiger partial charge is 0.383 e. The molecule has 0 aromatic carbocycles. The Balaban J connectivity index is 2.24. The number of hydrogen-bond acceptors (Lipinski definition) is 3. The minimum atomic E-state index is 0.484. The summed E-state index contributed by atoms with van der Waals surface area (Å²) >= 11 is 4.25. The predicted octanol–water partition coefficient (Wildman–Crippen LogP) is 2.53. The van der Waals surface area contributed by atoms with Gasteiger partial charge in [-0.15, -0.1) is 0 Å². The van der Waals surface area contributed by atoms with Gasteiger partial charge in [-0.2, -0.15) is 16.9 Å². The third-order valence-corrected chi connectivity index (χ3v) is 4.86. The van der Waals surface area contributed by atoms with Crippen LogP contribution < -0.4 is 5.73 Å². The van der Waals surface area contributed by atoms with E-state index in [1.807, 2.05) is 22.6 Å². The molecular weight excluding hydrogens is 309 g/mol. The van der Waals surface area contributed by atoms with Crippen molar-refractivity contribution in [2.45, 2.75) is 31.1 Å². The van der Waals surface area contributed by atoms with Crippen molar-refractivity contribution in [3.63, 3.8) is 0 Å². The first-order valence-corrected chi connectivity index (χ1v) is 6.93. The minimum Gasteiger partial charge on any atom is -0.383 e. The lowest BCUT2D eigenvalue weighted by Gasteiger charge is -2.29. The zero-order valence-corrected chi connectivity index (χ0v) is 11.1. The second-order valence-corrected chi connectivity index (χ2v) is 6.26. The summed E-state index contributed by atoms with van der Waals surface area (Å²) in [7, 11) is 0. The molecule has 0 aliphatic carbocycles. The van der Waals surface area contributed by atoms with Gasteiger partial charge in [-0.05, 0) is 41.2 Å². The Kier molecular flexibility index (Phi) is 3.26. The molecule has 14 heavy (non-hydrogen) atoms. The average Bonchev–Trinajstić information content (AvgIpc) is 2.49. The normalized spacial score (nSPS) is 27.9. The van der Waals surface area contributed by atoms with Gasteiger partial charge in [0.1, 0.15) is 5.82 Å². The van der Waals surface area contributed by atoms with Crippen LogP contribution in [0.5, 0.6) is 0 Å². The van der Waals surface area contributed by atoms with E-state index in [1.54, 1.807) is 0 Å². The molecule has 3 nitrogen and oxygen atoms in total. The van der Waals surface area contributed by atoms with E-state index in [0.29, 0.717) is 11.3 Å². The Hall–Kier alpha value is 0.0900. The highest BCUT2D eigenvalue weighted by Crippen LogP contribution is 2.35. The Labute approximate surface area is 102 Å². The van der Waals surface area contributed by atoms with Crippen LogP contribution in [0.25, 0.3) is 0 Å². The predicted molar refractivity (Wildman–Crippen MR) is 69.5 cm³/mol. The highest BCUT2D eigenvalue weighted by Gasteiger charge is 2.25. The van der Waals surface area contributed by atoms with Crippen molar-refractivity contribution in [1.29, 1.82) is 0 Å². The number of anilines is 1. The molecule has 2 heterocycles. The van der Waals surface area contributed by atoms with Crippen molar-refractivity contribution in [2.24, 2.45) is 0 Å². The van der Waals surface area contributed by atoms with E-state index in [-0.39, 0.29) is 0 Å². The molecule has 1 saturated heterocycles. The van der Waals surface area contributed by atoms with Gasteiger partial charge >= 0.3 is 0 Å². The number of nitrogens with zero attached hydrogens (tertiary/aromatic N) is 2. The third kappa shape index (κ3) is 1.88. The molecule has 0 amide bonds. The second-order valence-electron chi connectivity index (χ2n) is 3.61. The molecule has 1 aromatic heterocycles. The van der Waals surface area contributed by atoms with Crippen LogP contribution in [0.4, 0.5) is 5.82 Å². The molecule has 1 aliphatic rings. The molecule has 0 radical (unpaired) electrons. The molecule has 2 N–H and O–H groups in total. The second kappa shape index (κ2) is 4.30. The van der Waals surface area contributed by atoms with Crippen LogP contribution in [0.15, 0.2) is 6.20 Å². The topological polar surface area (TPSA) is 43.8 Å². The van der Waals surface area contributed by atoms with Gasteiger partial charge in [-0.3, -0.25) is 0 Å². The minimum absolute atomic E-state index is 0.484. The maximum atomic E-state index is 5.98. The van der Waals surface area contributed by atoms with Crippen LogP contribution in [0.2, 0.25) is 0 Å². The summed E-state index contributed by atoms with van der Waals surface area (Å²) in [4.78, 5) is 0. The molecule has 0 saturated carbocycles. The lowest BCUT2D eigenvalue weighted by Crippen LogP contribution is -2.25. The summed E-state index contributed by atoms with van der Waals surface area (Å²) in [5, 5.41) is 4.99. The van der Waals surface area contributed by atoms with Gasteiger partial charge in [-0.25, -0.2) is 4.68 Å². The van der Waals surface area contributed by atoms with Crippen LogP contribution >= 0.6 is 34.4 Å². The molecular formula is C9H14IN3S. The summed E-state index contributed by atoms with van der Waals surface area (Å²) in [5.41, 5.74) is 5.98. The number of halogens is 1. The quantitative estimate of drug-likeness (QED) is 0.808. The fourth-order valence-corrected chi connectivity index (χ4v) is 3.39. The molecule has 0 spiro atoms. The van der Waals surface area contributed by atoms with E-state index in [2.05, 4.69) is 34.6 Å². The number of rotatable bonds is 1. The van der Waals surface area contributed by atoms with Crippen molar-refractivity contribution in [1.82, 2.24) is 9.78 Å². The van der Waals surface area contributed by atoms with Gasteiger partial charge in [0.05, 0.1) is 15.8 Å². The first kappa shape index (κ1) is 10.6. The molecule has 78 valence electrons. The number of hydrogen-bond donors (Lipinski definition) is 1. The zero-order chi connectivity index (χ0) is 10.1. The first-order chi connectivity index (χ1) is 6.70. The van der Waals surface area contributed by atoms with E-state index in [1.165, 1.54) is 18.6 Å². The summed E-state index contributed by atoms with van der Waals surface area (Å²) in [5.74, 6) is 2.10. The number of thioether (sulfide) groups is 1. The van der Waals surface area contributed by atoms with Gasteiger partial charge in [-0.1, -0.05) is 6.92 Å². The monoisotopic (exact) mass is 323 g/mol. The lowest BCUT2D eigenvalue weighted by molar-refractivity contribution is 0.415. The molecule has 5 heteroatoms. The number of nitrogens with two attached hydrogens (primary N) is 1. The van der Waals surface area contributed by atoms with Crippen molar-refractivity contribution >= 4 is 40.2 Å². The zero-order valence-electron chi connectivity index (χ0n) is 8.11. The van der Waals surface area contributed by atoms with E-state index in [9.17, 15) is 0 Å². The lowest BCUT2D eigenvalue weighted by atomic mass is 10.1. The molecule has 1 fully saturated rings. The Morgan fingerprint density at radius 1 is 1.71 bits per heavy atom. The molecule has 2 rings (SSSR count). The van der Waals surface area contributed by atoms with E-state index >= 15 is 0 Å². The summed E-state index contributed by atoms with van der Waals surface area (Å²) < 4.78 is 3.06. The van der Waals surface area contributed by atoms with E-state index < -0.39 is 0 Å². The smallest absolute Gasteiger partial charge is 0.135 e. The summed E-state index contributed by atoms with van der Waals surface area (Å²) in [6.45, 7) is 2.27. The Morgan fingerprint density at radius 2 is 2.50 bits per heavy atom. The maximum Gasteiger partial charge on any atom is 0.135 e. The van der Waals surface area contributed by atoms with E-state index in [4.69, 9.17) is 5.73 Å². The van der Waals surface area contributed by atoms with Crippen LogP contribution in [0.1, 0.15) is 25.8 Å². The number of aromatic nitrogens is 2. The average molecular weight is 323 g/mol.